The zero-order valence-corrected chi connectivity index (χ0v) is 13.3. The number of carbonyl (C=O) groups is 1. The SMILES string of the molecule is O=C(NCC1CCN(c2ccccc2)C1)N[C@@H]1C=C[C@H](CO)C1. The van der Waals surface area contributed by atoms with Gasteiger partial charge in [0.05, 0.1) is 0 Å². The van der Waals surface area contributed by atoms with Gasteiger partial charge in [0.25, 0.3) is 0 Å². The predicted octanol–water partition coefficient (Wildman–Crippen LogP) is 1.75. The number of benzene rings is 1. The van der Waals surface area contributed by atoms with E-state index < -0.39 is 0 Å². The Bertz CT molecular complexity index is 546. The van der Waals surface area contributed by atoms with Crippen molar-refractivity contribution in [3.63, 3.8) is 0 Å². The molecule has 1 fully saturated rings. The van der Waals surface area contributed by atoms with Crippen LogP contribution in [0, 0.1) is 11.8 Å². The Morgan fingerprint density at radius 2 is 2.09 bits per heavy atom. The summed E-state index contributed by atoms with van der Waals surface area (Å²) in [4.78, 5) is 14.3. The first-order valence-electron chi connectivity index (χ1n) is 8.38. The molecule has 1 saturated heterocycles. The molecule has 0 saturated carbocycles. The molecule has 3 atom stereocenters. The van der Waals surface area contributed by atoms with Gasteiger partial charge < -0.3 is 20.6 Å². The minimum Gasteiger partial charge on any atom is -0.396 e. The number of carbonyl (C=O) groups excluding carboxylic acids is 1. The molecule has 5 nitrogen and oxygen atoms in total. The van der Waals surface area contributed by atoms with Crippen molar-refractivity contribution in [2.75, 3.05) is 31.1 Å². The van der Waals surface area contributed by atoms with Gasteiger partial charge in [0.15, 0.2) is 0 Å². The molecule has 1 aliphatic carbocycles. The minimum atomic E-state index is -0.114. The molecule has 5 heteroatoms. The van der Waals surface area contributed by atoms with Crippen LogP contribution in [-0.4, -0.2) is 43.4 Å². The van der Waals surface area contributed by atoms with Crippen LogP contribution in [0.15, 0.2) is 42.5 Å². The molecule has 1 aliphatic heterocycles. The van der Waals surface area contributed by atoms with Gasteiger partial charge in [-0.2, -0.15) is 0 Å². The summed E-state index contributed by atoms with van der Waals surface area (Å²) in [6.07, 6.45) is 5.83. The number of nitrogens with one attached hydrogen (secondary N) is 2. The lowest BCUT2D eigenvalue weighted by molar-refractivity contribution is 0.230. The Morgan fingerprint density at radius 3 is 2.83 bits per heavy atom. The molecule has 1 aromatic carbocycles. The number of para-hydroxylation sites is 1. The fraction of sp³-hybridized carbons (Fsp3) is 0.500. The van der Waals surface area contributed by atoms with E-state index in [1.165, 1.54) is 5.69 Å². The maximum atomic E-state index is 12.0. The van der Waals surface area contributed by atoms with Gasteiger partial charge in [-0.25, -0.2) is 4.79 Å². The van der Waals surface area contributed by atoms with Gasteiger partial charge in [-0.05, 0) is 30.9 Å². The molecule has 0 spiro atoms. The van der Waals surface area contributed by atoms with Crippen LogP contribution < -0.4 is 15.5 Å². The van der Waals surface area contributed by atoms with E-state index in [4.69, 9.17) is 5.11 Å². The highest BCUT2D eigenvalue weighted by Gasteiger charge is 2.24. The number of aliphatic hydroxyl groups is 1. The second-order valence-corrected chi connectivity index (χ2v) is 6.46. The van der Waals surface area contributed by atoms with Crippen molar-refractivity contribution >= 4 is 11.7 Å². The lowest BCUT2D eigenvalue weighted by Crippen LogP contribution is -2.43. The van der Waals surface area contributed by atoms with Gasteiger partial charge in [0.1, 0.15) is 0 Å². The van der Waals surface area contributed by atoms with Crippen molar-refractivity contribution in [2.45, 2.75) is 18.9 Å². The first kappa shape index (κ1) is 15.9. The fourth-order valence-electron chi connectivity index (χ4n) is 3.35. The highest BCUT2D eigenvalue weighted by molar-refractivity contribution is 5.74. The molecule has 3 rings (SSSR count). The molecule has 1 heterocycles. The number of rotatable bonds is 5. The van der Waals surface area contributed by atoms with E-state index in [2.05, 4.69) is 39.8 Å². The summed E-state index contributed by atoms with van der Waals surface area (Å²) in [5.41, 5.74) is 1.26. The van der Waals surface area contributed by atoms with Crippen molar-refractivity contribution in [1.29, 1.82) is 0 Å². The van der Waals surface area contributed by atoms with Gasteiger partial charge >= 0.3 is 6.03 Å². The molecule has 2 amide bonds. The van der Waals surface area contributed by atoms with Gasteiger partial charge in [0, 0.05) is 43.9 Å². The molecule has 0 radical (unpaired) electrons. The summed E-state index contributed by atoms with van der Waals surface area (Å²) in [6, 6.07) is 10.3. The maximum absolute atomic E-state index is 12.0. The van der Waals surface area contributed by atoms with E-state index in [9.17, 15) is 4.79 Å². The largest absolute Gasteiger partial charge is 0.396 e. The Kier molecular flexibility index (Phi) is 5.18. The summed E-state index contributed by atoms with van der Waals surface area (Å²) in [5, 5.41) is 15.0. The number of aliphatic hydroxyl groups excluding tert-OH is 1. The van der Waals surface area contributed by atoms with Crippen LogP contribution in [-0.2, 0) is 0 Å². The van der Waals surface area contributed by atoms with Crippen LogP contribution in [0.1, 0.15) is 12.8 Å². The minimum absolute atomic E-state index is 0.0385. The molecule has 1 unspecified atom stereocenters. The van der Waals surface area contributed by atoms with Crippen molar-refractivity contribution in [3.8, 4) is 0 Å². The summed E-state index contributed by atoms with van der Waals surface area (Å²) >= 11 is 0. The maximum Gasteiger partial charge on any atom is 0.315 e. The standard InChI is InChI=1S/C18H25N3O2/c22-13-14-6-7-16(10-14)20-18(23)19-11-15-8-9-21(12-15)17-4-2-1-3-5-17/h1-7,14-16,22H,8-13H2,(H2,19,20,23)/t14-,15?,16+/m0/s1. The van der Waals surface area contributed by atoms with Crippen LogP contribution >= 0.6 is 0 Å². The average molecular weight is 315 g/mol. The highest BCUT2D eigenvalue weighted by atomic mass is 16.3. The quantitative estimate of drug-likeness (QED) is 0.725. The molecule has 124 valence electrons. The summed E-state index contributed by atoms with van der Waals surface area (Å²) in [5.74, 6) is 0.667. The molecular weight excluding hydrogens is 290 g/mol. The Morgan fingerprint density at radius 1 is 1.26 bits per heavy atom. The smallest absolute Gasteiger partial charge is 0.315 e. The first-order valence-corrected chi connectivity index (χ1v) is 8.38. The van der Waals surface area contributed by atoms with Crippen LogP contribution in [0.25, 0.3) is 0 Å². The van der Waals surface area contributed by atoms with Crippen LogP contribution in [0.5, 0.6) is 0 Å². The normalized spacial score (nSPS) is 26.5. The Labute approximate surface area is 137 Å². The van der Waals surface area contributed by atoms with Crippen LogP contribution in [0.3, 0.4) is 0 Å². The number of hydrogen-bond donors (Lipinski definition) is 3. The molecule has 0 bridgehead atoms. The summed E-state index contributed by atoms with van der Waals surface area (Å²) < 4.78 is 0. The van der Waals surface area contributed by atoms with E-state index in [1.807, 2.05) is 18.2 Å². The van der Waals surface area contributed by atoms with E-state index in [0.717, 1.165) is 25.9 Å². The molecule has 2 aliphatic rings. The number of anilines is 1. The third-order valence-corrected chi connectivity index (χ3v) is 4.68. The second kappa shape index (κ2) is 7.51. The Hall–Kier alpha value is -2.01. The molecular formula is C18H25N3O2. The molecule has 3 N–H and O–H groups in total. The van der Waals surface area contributed by atoms with Gasteiger partial charge in [-0.15, -0.1) is 0 Å². The third kappa shape index (κ3) is 4.26. The zero-order valence-electron chi connectivity index (χ0n) is 13.3. The van der Waals surface area contributed by atoms with Crippen molar-refractivity contribution in [2.24, 2.45) is 11.8 Å². The lowest BCUT2D eigenvalue weighted by Gasteiger charge is -2.19. The lowest BCUT2D eigenvalue weighted by atomic mass is 10.1. The summed E-state index contributed by atoms with van der Waals surface area (Å²) in [7, 11) is 0. The number of nitrogens with zero attached hydrogens (tertiary/aromatic N) is 1. The Balaban J connectivity index is 1.38. The van der Waals surface area contributed by atoms with Gasteiger partial charge in [0.2, 0.25) is 0 Å². The number of urea groups is 1. The van der Waals surface area contributed by atoms with E-state index in [-0.39, 0.29) is 24.6 Å². The fourth-order valence-corrected chi connectivity index (χ4v) is 3.35. The van der Waals surface area contributed by atoms with E-state index in [0.29, 0.717) is 12.5 Å². The molecule has 1 aromatic rings. The second-order valence-electron chi connectivity index (χ2n) is 6.46. The van der Waals surface area contributed by atoms with Crippen LogP contribution in [0.4, 0.5) is 10.5 Å². The summed E-state index contributed by atoms with van der Waals surface area (Å²) in [6.45, 7) is 2.88. The first-order chi connectivity index (χ1) is 11.2. The molecule has 0 aromatic heterocycles. The molecule has 23 heavy (non-hydrogen) atoms. The monoisotopic (exact) mass is 315 g/mol. The number of hydrogen-bond acceptors (Lipinski definition) is 3. The van der Waals surface area contributed by atoms with E-state index >= 15 is 0 Å². The van der Waals surface area contributed by atoms with Gasteiger partial charge in [-0.3, -0.25) is 0 Å². The van der Waals surface area contributed by atoms with Gasteiger partial charge in [-0.1, -0.05) is 30.4 Å². The van der Waals surface area contributed by atoms with Crippen molar-refractivity contribution in [3.05, 3.63) is 42.5 Å². The predicted molar refractivity (Wildman–Crippen MR) is 91.4 cm³/mol. The van der Waals surface area contributed by atoms with E-state index in [1.54, 1.807) is 0 Å². The van der Waals surface area contributed by atoms with Crippen LogP contribution in [0.2, 0.25) is 0 Å². The third-order valence-electron chi connectivity index (χ3n) is 4.68. The topological polar surface area (TPSA) is 64.6 Å². The zero-order chi connectivity index (χ0) is 16.1. The average Bonchev–Trinajstić information content (AvgIpc) is 3.23. The highest BCUT2D eigenvalue weighted by Crippen LogP contribution is 2.23. The van der Waals surface area contributed by atoms with Crippen molar-refractivity contribution < 1.29 is 9.90 Å². The number of amides is 2. The van der Waals surface area contributed by atoms with Crippen molar-refractivity contribution in [1.82, 2.24) is 10.6 Å².